The largest absolute Gasteiger partial charge is 0.325 e. The average molecular weight is 431 g/mol. The number of aliphatic imine (C=N–C) groups is 1. The fourth-order valence-corrected chi connectivity index (χ4v) is 4.93. The van der Waals surface area contributed by atoms with Crippen LogP contribution in [0.1, 0.15) is 6.42 Å². The molecule has 0 spiro atoms. The van der Waals surface area contributed by atoms with Crippen molar-refractivity contribution in [2.24, 2.45) is 4.99 Å². The first-order valence-electron chi connectivity index (χ1n) is 8.44. The van der Waals surface area contributed by atoms with Crippen LogP contribution in [-0.2, 0) is 9.59 Å². The van der Waals surface area contributed by atoms with Gasteiger partial charge in [-0.05, 0) is 24.3 Å². The Morgan fingerprint density at radius 1 is 1.25 bits per heavy atom. The van der Waals surface area contributed by atoms with E-state index >= 15 is 0 Å². The van der Waals surface area contributed by atoms with Crippen LogP contribution in [0.4, 0.5) is 10.8 Å². The summed E-state index contributed by atoms with van der Waals surface area (Å²) in [6.07, 6.45) is 0.0396. The van der Waals surface area contributed by atoms with Crippen molar-refractivity contribution in [2.45, 2.75) is 11.7 Å². The molecule has 1 saturated heterocycles. The SMILES string of the molecule is CN1C(=O)C(CC(=O)Nc2ccccc2Cl)S/C1=N/c1nc2ccccc2s1. The number of thiazole rings is 1. The van der Waals surface area contributed by atoms with Gasteiger partial charge in [-0.25, -0.2) is 4.98 Å². The number of thioether (sulfide) groups is 1. The van der Waals surface area contributed by atoms with Crippen LogP contribution < -0.4 is 5.32 Å². The van der Waals surface area contributed by atoms with Crippen molar-refractivity contribution in [3.05, 3.63) is 53.6 Å². The molecule has 2 aromatic carbocycles. The number of hydrogen-bond donors (Lipinski definition) is 1. The summed E-state index contributed by atoms with van der Waals surface area (Å²) >= 11 is 8.80. The van der Waals surface area contributed by atoms with Gasteiger partial charge in [-0.15, -0.1) is 0 Å². The van der Waals surface area contributed by atoms with E-state index in [-0.39, 0.29) is 18.2 Å². The molecule has 0 radical (unpaired) electrons. The van der Waals surface area contributed by atoms with Gasteiger partial charge in [0, 0.05) is 13.5 Å². The van der Waals surface area contributed by atoms with E-state index in [1.807, 2.05) is 24.3 Å². The fourth-order valence-electron chi connectivity index (χ4n) is 2.72. The van der Waals surface area contributed by atoms with E-state index in [9.17, 15) is 9.59 Å². The van der Waals surface area contributed by atoms with Crippen molar-refractivity contribution in [1.29, 1.82) is 0 Å². The predicted molar refractivity (Wildman–Crippen MR) is 116 cm³/mol. The number of halogens is 1. The van der Waals surface area contributed by atoms with Gasteiger partial charge in [0.2, 0.25) is 16.9 Å². The van der Waals surface area contributed by atoms with Crippen molar-refractivity contribution >= 4 is 72.7 Å². The number of carbonyl (C=O) groups excluding carboxylic acids is 2. The van der Waals surface area contributed by atoms with E-state index < -0.39 is 5.25 Å². The first-order valence-corrected chi connectivity index (χ1v) is 10.5. The minimum Gasteiger partial charge on any atom is -0.325 e. The van der Waals surface area contributed by atoms with Gasteiger partial charge in [-0.1, -0.05) is 59.0 Å². The van der Waals surface area contributed by atoms with E-state index in [4.69, 9.17) is 11.6 Å². The summed E-state index contributed by atoms with van der Waals surface area (Å²) in [6, 6.07) is 14.8. The number of nitrogens with one attached hydrogen (secondary N) is 1. The second-order valence-corrected chi connectivity index (χ2v) is 8.68. The minimum absolute atomic E-state index is 0.0396. The lowest BCUT2D eigenvalue weighted by Gasteiger charge is -2.10. The highest BCUT2D eigenvalue weighted by Crippen LogP contribution is 2.34. The first-order chi connectivity index (χ1) is 13.5. The molecular weight excluding hydrogens is 416 g/mol. The summed E-state index contributed by atoms with van der Waals surface area (Å²) in [4.78, 5) is 35.4. The summed E-state index contributed by atoms with van der Waals surface area (Å²) in [5.41, 5.74) is 1.40. The summed E-state index contributed by atoms with van der Waals surface area (Å²) < 4.78 is 1.04. The lowest BCUT2D eigenvalue weighted by atomic mass is 10.2. The maximum absolute atomic E-state index is 12.5. The van der Waals surface area contributed by atoms with Crippen LogP contribution in [0.3, 0.4) is 0 Å². The maximum Gasteiger partial charge on any atom is 0.242 e. The smallest absolute Gasteiger partial charge is 0.242 e. The molecule has 0 saturated carbocycles. The number of fused-ring (bicyclic) bond motifs is 1. The Morgan fingerprint density at radius 2 is 2.00 bits per heavy atom. The molecule has 1 aliphatic rings. The summed E-state index contributed by atoms with van der Waals surface area (Å²) in [6.45, 7) is 0. The van der Waals surface area contributed by atoms with Crippen LogP contribution in [0.5, 0.6) is 0 Å². The van der Waals surface area contributed by atoms with Gasteiger partial charge in [0.1, 0.15) is 5.25 Å². The van der Waals surface area contributed by atoms with Crippen LogP contribution in [0, 0.1) is 0 Å². The molecule has 1 atom stereocenters. The number of carbonyl (C=O) groups is 2. The van der Waals surface area contributed by atoms with Gasteiger partial charge >= 0.3 is 0 Å². The van der Waals surface area contributed by atoms with E-state index in [1.54, 1.807) is 31.3 Å². The number of amides is 2. The number of rotatable bonds is 4. The van der Waals surface area contributed by atoms with Gasteiger partial charge in [0.25, 0.3) is 0 Å². The Morgan fingerprint density at radius 3 is 2.79 bits per heavy atom. The van der Waals surface area contributed by atoms with Crippen molar-refractivity contribution in [2.75, 3.05) is 12.4 Å². The third-order valence-corrected chi connectivity index (χ3v) is 6.62. The van der Waals surface area contributed by atoms with E-state index in [2.05, 4.69) is 15.3 Å². The first kappa shape index (κ1) is 18.9. The second kappa shape index (κ2) is 7.90. The number of aromatic nitrogens is 1. The lowest BCUT2D eigenvalue weighted by Crippen LogP contribution is -2.30. The number of anilines is 1. The predicted octanol–water partition coefficient (Wildman–Crippen LogP) is 4.54. The monoisotopic (exact) mass is 430 g/mol. The quantitative estimate of drug-likeness (QED) is 0.659. The number of amidine groups is 1. The highest BCUT2D eigenvalue weighted by Gasteiger charge is 2.37. The Bertz CT molecular complexity index is 1070. The molecule has 9 heteroatoms. The topological polar surface area (TPSA) is 74.7 Å². The number of nitrogens with zero attached hydrogens (tertiary/aromatic N) is 3. The zero-order valence-corrected chi connectivity index (χ0v) is 17.1. The van der Waals surface area contributed by atoms with Crippen molar-refractivity contribution in [3.8, 4) is 0 Å². The number of benzene rings is 2. The highest BCUT2D eigenvalue weighted by atomic mass is 35.5. The zero-order valence-electron chi connectivity index (χ0n) is 14.8. The average Bonchev–Trinajstić information content (AvgIpc) is 3.20. The van der Waals surface area contributed by atoms with Gasteiger partial charge in [-0.3, -0.25) is 14.5 Å². The fraction of sp³-hybridized carbons (Fsp3) is 0.158. The molecule has 1 N–H and O–H groups in total. The summed E-state index contributed by atoms with van der Waals surface area (Å²) in [7, 11) is 1.66. The molecule has 0 aliphatic carbocycles. The molecule has 1 aromatic heterocycles. The Labute approximate surface area is 174 Å². The third-order valence-electron chi connectivity index (χ3n) is 4.13. The Kier molecular flexibility index (Phi) is 5.34. The molecule has 2 amide bonds. The number of para-hydroxylation sites is 2. The molecule has 6 nitrogen and oxygen atoms in total. The second-order valence-electron chi connectivity index (χ2n) is 6.09. The van der Waals surface area contributed by atoms with Crippen molar-refractivity contribution in [1.82, 2.24) is 9.88 Å². The minimum atomic E-state index is -0.527. The standard InChI is InChI=1S/C19H15ClN4O2S2/c1-24-17(26)15(10-16(25)21-12-7-3-2-6-11(12)20)28-19(24)23-18-22-13-8-4-5-9-14(13)27-18/h2-9,15H,10H2,1H3,(H,21,25)/b23-19+. The molecule has 142 valence electrons. The summed E-state index contributed by atoms with van der Waals surface area (Å²) in [5, 5.41) is 3.81. The normalized spacial score (nSPS) is 18.2. The van der Waals surface area contributed by atoms with Gasteiger partial charge < -0.3 is 5.32 Å². The molecule has 1 aliphatic heterocycles. The lowest BCUT2D eigenvalue weighted by molar-refractivity contribution is -0.127. The molecule has 4 rings (SSSR count). The van der Waals surface area contributed by atoms with Crippen LogP contribution in [0.25, 0.3) is 10.2 Å². The molecule has 3 aromatic rings. The highest BCUT2D eigenvalue weighted by molar-refractivity contribution is 8.15. The zero-order chi connectivity index (χ0) is 19.7. The van der Waals surface area contributed by atoms with Crippen molar-refractivity contribution in [3.63, 3.8) is 0 Å². The Balaban J connectivity index is 1.47. The molecule has 0 bridgehead atoms. The Hall–Kier alpha value is -2.42. The van der Waals surface area contributed by atoms with Gasteiger partial charge in [-0.2, -0.15) is 4.99 Å². The van der Waals surface area contributed by atoms with Crippen LogP contribution in [-0.4, -0.2) is 39.2 Å². The molecule has 1 fully saturated rings. The third kappa shape index (κ3) is 3.89. The van der Waals surface area contributed by atoms with E-state index in [0.717, 1.165) is 10.2 Å². The maximum atomic E-state index is 12.5. The van der Waals surface area contributed by atoms with Gasteiger partial charge in [0.05, 0.1) is 20.9 Å². The molecular formula is C19H15ClN4O2S2. The molecule has 28 heavy (non-hydrogen) atoms. The van der Waals surface area contributed by atoms with Crippen LogP contribution >= 0.6 is 34.7 Å². The number of hydrogen-bond acceptors (Lipinski definition) is 6. The molecule has 1 unspecified atom stereocenters. The van der Waals surface area contributed by atoms with E-state index in [1.165, 1.54) is 28.0 Å². The van der Waals surface area contributed by atoms with Crippen LogP contribution in [0.2, 0.25) is 5.02 Å². The van der Waals surface area contributed by atoms with Crippen LogP contribution in [0.15, 0.2) is 53.5 Å². The van der Waals surface area contributed by atoms with Crippen molar-refractivity contribution < 1.29 is 9.59 Å². The van der Waals surface area contributed by atoms with E-state index in [0.29, 0.717) is 21.0 Å². The summed E-state index contributed by atoms with van der Waals surface area (Å²) in [5.74, 6) is -0.423. The molecule has 2 heterocycles. The van der Waals surface area contributed by atoms with Gasteiger partial charge in [0.15, 0.2) is 5.17 Å².